The minimum Gasteiger partial charge on any atom is -0.481 e. The van der Waals surface area contributed by atoms with Crippen molar-refractivity contribution in [2.75, 3.05) is 26.9 Å². The summed E-state index contributed by atoms with van der Waals surface area (Å²) in [7, 11) is 1.61. The van der Waals surface area contributed by atoms with Crippen molar-refractivity contribution in [1.82, 2.24) is 10.3 Å². The molecule has 0 aliphatic heterocycles. The average Bonchev–Trinajstić information content (AvgIpc) is 2.34. The van der Waals surface area contributed by atoms with E-state index in [4.69, 9.17) is 9.47 Å². The van der Waals surface area contributed by atoms with Gasteiger partial charge in [0.2, 0.25) is 5.88 Å². The molecule has 4 nitrogen and oxygen atoms in total. The molecule has 1 N–H and O–H groups in total. The molecule has 0 fully saturated rings. The minimum atomic E-state index is 0.631. The van der Waals surface area contributed by atoms with Gasteiger partial charge < -0.3 is 14.8 Å². The first kappa shape index (κ1) is 13.7. The van der Waals surface area contributed by atoms with Crippen LogP contribution in [0, 0.1) is 0 Å². The van der Waals surface area contributed by atoms with E-state index in [9.17, 15) is 0 Å². The summed E-state index contributed by atoms with van der Waals surface area (Å²) in [6.07, 6.45) is 1.81. The van der Waals surface area contributed by atoms with E-state index in [0.717, 1.165) is 24.2 Å². The first-order valence-corrected chi connectivity index (χ1v) is 5.64. The summed E-state index contributed by atoms with van der Waals surface area (Å²) in [4.78, 5) is 4.13. The summed E-state index contributed by atoms with van der Waals surface area (Å²) >= 11 is 0. The first-order valence-electron chi connectivity index (χ1n) is 5.64. The van der Waals surface area contributed by atoms with Crippen molar-refractivity contribution in [1.29, 1.82) is 0 Å². The Kier molecular flexibility index (Phi) is 6.29. The number of nitrogens with one attached hydrogen (secondary N) is 1. The van der Waals surface area contributed by atoms with Gasteiger partial charge in [-0.1, -0.05) is 18.2 Å². The molecule has 1 aromatic rings. The highest BCUT2D eigenvalue weighted by Gasteiger charge is 1.95. The Morgan fingerprint density at radius 2 is 2.29 bits per heavy atom. The Morgan fingerprint density at radius 3 is 2.88 bits per heavy atom. The van der Waals surface area contributed by atoms with Gasteiger partial charge in [0.05, 0.1) is 20.3 Å². The zero-order valence-corrected chi connectivity index (χ0v) is 10.5. The fraction of sp³-hybridized carbons (Fsp3) is 0.462. The van der Waals surface area contributed by atoms with E-state index in [1.54, 1.807) is 13.3 Å². The molecule has 1 heterocycles. The lowest BCUT2D eigenvalue weighted by Crippen LogP contribution is -2.19. The highest BCUT2D eigenvalue weighted by molar-refractivity contribution is 5.17. The number of rotatable bonds is 8. The number of methoxy groups -OCH3 is 1. The van der Waals surface area contributed by atoms with Gasteiger partial charge in [0.15, 0.2) is 0 Å². The van der Waals surface area contributed by atoms with E-state index < -0.39 is 0 Å². The molecule has 0 aromatic carbocycles. The number of aromatic nitrogens is 1. The summed E-state index contributed by atoms with van der Waals surface area (Å²) in [6.45, 7) is 8.65. The van der Waals surface area contributed by atoms with Crippen LogP contribution >= 0.6 is 0 Å². The van der Waals surface area contributed by atoms with Crippen LogP contribution in [0.15, 0.2) is 30.5 Å². The number of ether oxygens (including phenoxy) is 2. The van der Waals surface area contributed by atoms with Crippen LogP contribution in [0.3, 0.4) is 0 Å². The Bertz CT molecular complexity index is 336. The van der Waals surface area contributed by atoms with Gasteiger partial charge in [0.1, 0.15) is 0 Å². The molecule has 1 aromatic heterocycles. The summed E-state index contributed by atoms with van der Waals surface area (Å²) in [5.74, 6) is 0.638. The van der Waals surface area contributed by atoms with Gasteiger partial charge >= 0.3 is 0 Å². The van der Waals surface area contributed by atoms with Crippen LogP contribution in [0.1, 0.15) is 12.5 Å². The third kappa shape index (κ3) is 6.04. The molecule has 0 aliphatic carbocycles. The molecule has 0 aliphatic rings. The van der Waals surface area contributed by atoms with Crippen LogP contribution in [-0.2, 0) is 11.3 Å². The Labute approximate surface area is 103 Å². The lowest BCUT2D eigenvalue weighted by molar-refractivity contribution is 0.157. The molecule has 0 bridgehead atoms. The molecule has 0 atom stereocenters. The van der Waals surface area contributed by atoms with Crippen molar-refractivity contribution < 1.29 is 9.47 Å². The molecular formula is C13H20N2O2. The molecule has 0 saturated heterocycles. The number of nitrogens with zero attached hydrogens (tertiary/aromatic N) is 1. The second kappa shape index (κ2) is 7.81. The Morgan fingerprint density at radius 1 is 1.47 bits per heavy atom. The Hall–Kier alpha value is -1.39. The third-order valence-electron chi connectivity index (χ3n) is 2.11. The van der Waals surface area contributed by atoms with E-state index in [1.807, 2.05) is 19.1 Å². The van der Waals surface area contributed by atoms with Gasteiger partial charge in [-0.25, -0.2) is 4.98 Å². The molecule has 0 saturated carbocycles. The molecule has 0 spiro atoms. The van der Waals surface area contributed by atoms with Crippen molar-refractivity contribution in [3.63, 3.8) is 0 Å². The van der Waals surface area contributed by atoms with E-state index in [0.29, 0.717) is 19.1 Å². The highest BCUT2D eigenvalue weighted by atomic mass is 16.5. The lowest BCUT2D eigenvalue weighted by atomic mass is 10.3. The largest absolute Gasteiger partial charge is 0.481 e. The Balaban J connectivity index is 2.11. The predicted molar refractivity (Wildman–Crippen MR) is 68.1 cm³/mol. The van der Waals surface area contributed by atoms with Crippen LogP contribution in [0.4, 0.5) is 0 Å². The van der Waals surface area contributed by atoms with E-state index in [1.165, 1.54) is 0 Å². The SMILES string of the molecule is C=C(C)COCCNCc1ccc(OC)nc1. The number of hydrogen-bond donors (Lipinski definition) is 1. The van der Waals surface area contributed by atoms with Gasteiger partial charge in [0.25, 0.3) is 0 Å². The second-order valence-electron chi connectivity index (χ2n) is 3.90. The van der Waals surface area contributed by atoms with E-state index >= 15 is 0 Å². The zero-order chi connectivity index (χ0) is 12.5. The van der Waals surface area contributed by atoms with Gasteiger partial charge in [-0.15, -0.1) is 0 Å². The first-order chi connectivity index (χ1) is 8.22. The van der Waals surface area contributed by atoms with E-state index in [-0.39, 0.29) is 0 Å². The van der Waals surface area contributed by atoms with Gasteiger partial charge in [-0.05, 0) is 12.5 Å². The smallest absolute Gasteiger partial charge is 0.212 e. The molecule has 0 amide bonds. The van der Waals surface area contributed by atoms with Crippen LogP contribution in [0.2, 0.25) is 0 Å². The van der Waals surface area contributed by atoms with Crippen molar-refractivity contribution in [2.24, 2.45) is 0 Å². The van der Waals surface area contributed by atoms with Gasteiger partial charge in [-0.2, -0.15) is 0 Å². The number of hydrogen-bond acceptors (Lipinski definition) is 4. The molecule has 17 heavy (non-hydrogen) atoms. The molecule has 0 unspecified atom stereocenters. The normalized spacial score (nSPS) is 10.2. The second-order valence-corrected chi connectivity index (χ2v) is 3.90. The topological polar surface area (TPSA) is 43.4 Å². The van der Waals surface area contributed by atoms with Crippen LogP contribution < -0.4 is 10.1 Å². The van der Waals surface area contributed by atoms with E-state index in [2.05, 4.69) is 16.9 Å². The average molecular weight is 236 g/mol. The maximum Gasteiger partial charge on any atom is 0.212 e. The fourth-order valence-corrected chi connectivity index (χ4v) is 1.26. The highest BCUT2D eigenvalue weighted by Crippen LogP contribution is 2.05. The summed E-state index contributed by atoms with van der Waals surface area (Å²) < 4.78 is 10.4. The maximum absolute atomic E-state index is 5.37. The van der Waals surface area contributed by atoms with Crippen molar-refractivity contribution >= 4 is 0 Å². The van der Waals surface area contributed by atoms with Gasteiger partial charge in [0, 0.05) is 25.4 Å². The summed E-state index contributed by atoms with van der Waals surface area (Å²) in [6, 6.07) is 3.85. The zero-order valence-electron chi connectivity index (χ0n) is 10.5. The quantitative estimate of drug-likeness (QED) is 0.552. The minimum absolute atomic E-state index is 0.631. The molecule has 0 radical (unpaired) electrons. The molecule has 4 heteroatoms. The van der Waals surface area contributed by atoms with Crippen LogP contribution in [-0.4, -0.2) is 31.9 Å². The predicted octanol–water partition coefficient (Wildman–Crippen LogP) is 1.77. The van der Waals surface area contributed by atoms with Crippen LogP contribution in [0.5, 0.6) is 5.88 Å². The van der Waals surface area contributed by atoms with Gasteiger partial charge in [-0.3, -0.25) is 0 Å². The summed E-state index contributed by atoms with van der Waals surface area (Å²) in [5, 5.41) is 3.28. The summed E-state index contributed by atoms with van der Waals surface area (Å²) in [5.41, 5.74) is 2.18. The van der Waals surface area contributed by atoms with Crippen molar-refractivity contribution in [3.8, 4) is 5.88 Å². The molecule has 1 rings (SSSR count). The molecule has 94 valence electrons. The monoisotopic (exact) mass is 236 g/mol. The molecular weight excluding hydrogens is 216 g/mol. The van der Waals surface area contributed by atoms with Crippen LogP contribution in [0.25, 0.3) is 0 Å². The third-order valence-corrected chi connectivity index (χ3v) is 2.11. The maximum atomic E-state index is 5.37. The lowest BCUT2D eigenvalue weighted by Gasteiger charge is -2.06. The fourth-order valence-electron chi connectivity index (χ4n) is 1.26. The van der Waals surface area contributed by atoms with Crippen molar-refractivity contribution in [2.45, 2.75) is 13.5 Å². The van der Waals surface area contributed by atoms with Crippen molar-refractivity contribution in [3.05, 3.63) is 36.0 Å². The number of pyridine rings is 1. The standard InChI is InChI=1S/C13H20N2O2/c1-11(2)10-17-7-6-14-8-12-4-5-13(16-3)15-9-12/h4-5,9,14H,1,6-8,10H2,2-3H3.